The highest BCUT2D eigenvalue weighted by Gasteiger charge is 2.35. The highest BCUT2D eigenvalue weighted by molar-refractivity contribution is 6.03. The zero-order valence-corrected chi connectivity index (χ0v) is 19.3. The highest BCUT2D eigenvalue weighted by atomic mass is 16.5. The van der Waals surface area contributed by atoms with Gasteiger partial charge in [0, 0.05) is 12.1 Å². The van der Waals surface area contributed by atoms with Gasteiger partial charge >= 0.3 is 5.97 Å². The number of nitrogens with one attached hydrogen (secondary N) is 1. The SMILES string of the molecule is COc1ccc(C2=NN(C(=O)COC(=O)c3ccc(NC(=O)CC#N)cc3)[C@H](c3ccco3)C2)cc1. The Hall–Kier alpha value is -4.91. The van der Waals surface area contributed by atoms with Crippen LogP contribution in [0.15, 0.2) is 76.4 Å². The zero-order valence-electron chi connectivity index (χ0n) is 19.3. The van der Waals surface area contributed by atoms with Gasteiger partial charge in [-0.3, -0.25) is 9.59 Å². The molecule has 0 radical (unpaired) electrons. The molecule has 0 saturated carbocycles. The summed E-state index contributed by atoms with van der Waals surface area (Å²) in [6, 6.07) is 18.0. The van der Waals surface area contributed by atoms with Gasteiger partial charge in [0.05, 0.1) is 30.7 Å². The minimum absolute atomic E-state index is 0.201. The van der Waals surface area contributed by atoms with Crippen molar-refractivity contribution >= 4 is 29.2 Å². The molecule has 0 aliphatic carbocycles. The maximum atomic E-state index is 13.0. The lowest BCUT2D eigenvalue weighted by Gasteiger charge is -2.19. The predicted octanol–water partition coefficient (Wildman–Crippen LogP) is 3.68. The fraction of sp³-hybridized carbons (Fsp3) is 0.192. The van der Waals surface area contributed by atoms with Crippen LogP contribution in [0.1, 0.15) is 40.6 Å². The number of hydrogen-bond acceptors (Lipinski definition) is 8. The van der Waals surface area contributed by atoms with E-state index >= 15 is 0 Å². The Morgan fingerprint density at radius 1 is 1.14 bits per heavy atom. The van der Waals surface area contributed by atoms with Gasteiger partial charge in [-0.15, -0.1) is 0 Å². The molecule has 0 saturated heterocycles. The standard InChI is InChI=1S/C26H22N4O6/c1-34-20-10-6-17(7-11-20)21-15-22(23-3-2-14-35-23)30(29-21)25(32)16-36-26(33)18-4-8-19(9-5-18)28-24(31)12-13-27/h2-11,14,22H,12,15-16H2,1H3,(H,28,31)/t22-/m0/s1. The molecule has 0 unspecified atom stereocenters. The lowest BCUT2D eigenvalue weighted by molar-refractivity contribution is -0.136. The normalized spacial score (nSPS) is 14.5. The molecule has 1 aliphatic heterocycles. The van der Waals surface area contributed by atoms with Crippen molar-refractivity contribution in [1.82, 2.24) is 5.01 Å². The predicted molar refractivity (Wildman–Crippen MR) is 128 cm³/mol. The summed E-state index contributed by atoms with van der Waals surface area (Å²) in [6.07, 6.45) is 1.68. The Morgan fingerprint density at radius 2 is 1.89 bits per heavy atom. The maximum absolute atomic E-state index is 13.0. The molecule has 10 nitrogen and oxygen atoms in total. The van der Waals surface area contributed by atoms with E-state index in [0.717, 1.165) is 5.56 Å². The third-order valence-corrected chi connectivity index (χ3v) is 5.43. The number of furan rings is 1. The summed E-state index contributed by atoms with van der Waals surface area (Å²) in [7, 11) is 1.58. The number of amides is 2. The van der Waals surface area contributed by atoms with E-state index in [2.05, 4.69) is 10.4 Å². The van der Waals surface area contributed by atoms with Crippen LogP contribution in [0.4, 0.5) is 5.69 Å². The van der Waals surface area contributed by atoms with E-state index in [0.29, 0.717) is 29.3 Å². The number of esters is 1. The molecule has 0 fully saturated rings. The van der Waals surface area contributed by atoms with Crippen molar-refractivity contribution < 1.29 is 28.3 Å². The van der Waals surface area contributed by atoms with Crippen molar-refractivity contribution in [1.29, 1.82) is 5.26 Å². The van der Waals surface area contributed by atoms with E-state index < -0.39 is 30.4 Å². The van der Waals surface area contributed by atoms with E-state index in [1.54, 1.807) is 25.3 Å². The number of benzene rings is 2. The van der Waals surface area contributed by atoms with Crippen LogP contribution in [0.5, 0.6) is 5.75 Å². The monoisotopic (exact) mass is 486 g/mol. The number of methoxy groups -OCH3 is 1. The summed E-state index contributed by atoms with van der Waals surface area (Å²) in [6.45, 7) is -0.518. The van der Waals surface area contributed by atoms with E-state index in [1.165, 1.54) is 35.5 Å². The summed E-state index contributed by atoms with van der Waals surface area (Å²) in [4.78, 5) is 37.0. The van der Waals surface area contributed by atoms with Gasteiger partial charge in [-0.05, 0) is 66.2 Å². The molecule has 4 rings (SSSR count). The van der Waals surface area contributed by atoms with Gasteiger partial charge in [-0.1, -0.05) is 0 Å². The molecule has 0 spiro atoms. The number of carbonyl (C=O) groups is 3. The Bertz CT molecular complexity index is 1310. The van der Waals surface area contributed by atoms with Gasteiger partial charge in [0.1, 0.15) is 24.0 Å². The van der Waals surface area contributed by atoms with Crippen LogP contribution in [-0.2, 0) is 14.3 Å². The van der Waals surface area contributed by atoms with Crippen LogP contribution in [0, 0.1) is 11.3 Å². The molecule has 1 aliphatic rings. The number of nitrogens with zero attached hydrogens (tertiary/aromatic N) is 3. The fourth-order valence-electron chi connectivity index (χ4n) is 3.64. The van der Waals surface area contributed by atoms with Crippen LogP contribution < -0.4 is 10.1 Å². The molecule has 3 aromatic rings. The second-order valence-corrected chi connectivity index (χ2v) is 7.79. The molecular formula is C26H22N4O6. The molecule has 2 heterocycles. The van der Waals surface area contributed by atoms with Crippen molar-refractivity contribution in [3.05, 3.63) is 83.8 Å². The first-order valence-corrected chi connectivity index (χ1v) is 11.0. The lowest BCUT2D eigenvalue weighted by Crippen LogP contribution is -2.31. The number of anilines is 1. The largest absolute Gasteiger partial charge is 0.497 e. The van der Waals surface area contributed by atoms with Gasteiger partial charge in [-0.25, -0.2) is 9.80 Å². The highest BCUT2D eigenvalue weighted by Crippen LogP contribution is 2.33. The van der Waals surface area contributed by atoms with Crippen LogP contribution in [0.3, 0.4) is 0 Å². The first kappa shape index (κ1) is 24.2. The maximum Gasteiger partial charge on any atom is 0.338 e. The van der Waals surface area contributed by atoms with Crippen molar-refractivity contribution in [3.8, 4) is 11.8 Å². The Morgan fingerprint density at radius 3 is 2.53 bits per heavy atom. The summed E-state index contributed by atoms with van der Waals surface area (Å²) >= 11 is 0. The second-order valence-electron chi connectivity index (χ2n) is 7.79. The van der Waals surface area contributed by atoms with Crippen molar-refractivity contribution in [2.45, 2.75) is 18.9 Å². The number of rotatable bonds is 8. The molecule has 1 aromatic heterocycles. The van der Waals surface area contributed by atoms with Crippen molar-refractivity contribution in [3.63, 3.8) is 0 Å². The first-order valence-electron chi connectivity index (χ1n) is 11.0. The summed E-state index contributed by atoms with van der Waals surface area (Å²) < 4.78 is 15.9. The van der Waals surface area contributed by atoms with E-state index in [4.69, 9.17) is 19.2 Å². The van der Waals surface area contributed by atoms with Gasteiger partial charge in [0.15, 0.2) is 6.61 Å². The molecule has 0 bridgehead atoms. The third kappa shape index (κ3) is 5.59. The molecule has 182 valence electrons. The van der Waals surface area contributed by atoms with Crippen molar-refractivity contribution in [2.24, 2.45) is 5.10 Å². The number of carbonyl (C=O) groups excluding carboxylic acids is 3. The quantitative estimate of drug-likeness (QED) is 0.480. The lowest BCUT2D eigenvalue weighted by atomic mass is 10.0. The van der Waals surface area contributed by atoms with Gasteiger partial charge in [-0.2, -0.15) is 10.4 Å². The fourth-order valence-corrected chi connectivity index (χ4v) is 3.64. The minimum Gasteiger partial charge on any atom is -0.497 e. The summed E-state index contributed by atoms with van der Waals surface area (Å²) in [5.41, 5.74) is 2.16. The molecular weight excluding hydrogens is 464 g/mol. The van der Waals surface area contributed by atoms with Gasteiger partial charge in [0.2, 0.25) is 5.91 Å². The number of ether oxygens (including phenoxy) is 2. The van der Waals surface area contributed by atoms with E-state index in [1.807, 2.05) is 24.3 Å². The average molecular weight is 486 g/mol. The second kappa shape index (κ2) is 11.0. The minimum atomic E-state index is -0.702. The molecule has 1 atom stereocenters. The molecule has 36 heavy (non-hydrogen) atoms. The summed E-state index contributed by atoms with van der Waals surface area (Å²) in [5, 5.41) is 16.9. The average Bonchev–Trinajstić information content (AvgIpc) is 3.58. The zero-order chi connectivity index (χ0) is 25.5. The van der Waals surface area contributed by atoms with E-state index in [-0.39, 0.29) is 12.0 Å². The molecule has 10 heteroatoms. The van der Waals surface area contributed by atoms with Crippen LogP contribution in [0.25, 0.3) is 0 Å². The number of hydrazone groups is 1. The van der Waals surface area contributed by atoms with Gasteiger partial charge < -0.3 is 19.2 Å². The smallest absolute Gasteiger partial charge is 0.338 e. The topological polar surface area (TPSA) is 134 Å². The van der Waals surface area contributed by atoms with Crippen LogP contribution in [0.2, 0.25) is 0 Å². The van der Waals surface area contributed by atoms with E-state index in [9.17, 15) is 14.4 Å². The van der Waals surface area contributed by atoms with Crippen molar-refractivity contribution in [2.75, 3.05) is 19.0 Å². The Labute approximate surface area is 206 Å². The van der Waals surface area contributed by atoms with Crippen LogP contribution >= 0.6 is 0 Å². The number of hydrogen-bond donors (Lipinski definition) is 1. The molecule has 2 aromatic carbocycles. The van der Waals surface area contributed by atoms with Crippen LogP contribution in [-0.4, -0.2) is 42.2 Å². The molecule has 1 N–H and O–H groups in total. The Balaban J connectivity index is 1.42. The molecule has 2 amide bonds. The first-order chi connectivity index (χ1) is 17.5. The van der Waals surface area contributed by atoms with Gasteiger partial charge in [0.25, 0.3) is 5.91 Å². The number of nitriles is 1. The summed E-state index contributed by atoms with van der Waals surface area (Å²) in [5.74, 6) is -0.391. The Kier molecular flexibility index (Phi) is 7.41. The third-order valence-electron chi connectivity index (χ3n) is 5.43.